The Bertz CT molecular complexity index is 256. The fourth-order valence-electron chi connectivity index (χ4n) is 4.22. The number of unbranched alkanes of at least 4 members (excludes halogenated alkanes) is 2. The molecule has 0 aromatic carbocycles. The predicted octanol–water partition coefficient (Wildman–Crippen LogP) is 4.67. The van der Waals surface area contributed by atoms with E-state index < -0.39 is 0 Å². The average Bonchev–Trinajstić information content (AvgIpc) is 2.73. The predicted molar refractivity (Wildman–Crippen MR) is 86.1 cm³/mol. The van der Waals surface area contributed by atoms with Gasteiger partial charge in [-0.15, -0.1) is 0 Å². The van der Waals surface area contributed by atoms with Crippen molar-refractivity contribution < 1.29 is 4.74 Å². The second-order valence-electron chi connectivity index (χ2n) is 6.96. The minimum absolute atomic E-state index is 0.484. The molecule has 2 aliphatic rings. The van der Waals surface area contributed by atoms with Crippen molar-refractivity contribution in [3.8, 4) is 0 Å². The van der Waals surface area contributed by atoms with Crippen LogP contribution in [0.2, 0.25) is 0 Å². The SMILES string of the molecule is CCCCCOC1CC(NCCC)C12CCCCCC2. The van der Waals surface area contributed by atoms with Crippen LogP contribution >= 0.6 is 0 Å². The highest BCUT2D eigenvalue weighted by molar-refractivity contribution is 5.08. The molecule has 0 saturated heterocycles. The molecule has 0 radical (unpaired) electrons. The van der Waals surface area contributed by atoms with Crippen LogP contribution in [0.4, 0.5) is 0 Å². The molecule has 0 bridgehead atoms. The third kappa shape index (κ3) is 3.76. The molecule has 1 N–H and O–H groups in total. The summed E-state index contributed by atoms with van der Waals surface area (Å²) in [5, 5.41) is 3.81. The van der Waals surface area contributed by atoms with E-state index in [0.717, 1.165) is 12.6 Å². The summed E-state index contributed by atoms with van der Waals surface area (Å²) in [5.74, 6) is 0. The third-order valence-corrected chi connectivity index (χ3v) is 5.53. The lowest BCUT2D eigenvalue weighted by Crippen LogP contribution is -2.63. The lowest BCUT2D eigenvalue weighted by molar-refractivity contribution is -0.144. The van der Waals surface area contributed by atoms with Crippen LogP contribution in [0.5, 0.6) is 0 Å². The summed E-state index contributed by atoms with van der Waals surface area (Å²) in [7, 11) is 0. The number of nitrogens with one attached hydrogen (secondary N) is 1. The summed E-state index contributed by atoms with van der Waals surface area (Å²) in [5.41, 5.74) is 0.484. The highest BCUT2D eigenvalue weighted by atomic mass is 16.5. The molecule has 0 aliphatic heterocycles. The van der Waals surface area contributed by atoms with Gasteiger partial charge in [0.1, 0.15) is 0 Å². The van der Waals surface area contributed by atoms with Gasteiger partial charge in [0.05, 0.1) is 6.10 Å². The van der Waals surface area contributed by atoms with Gasteiger partial charge in [0.2, 0.25) is 0 Å². The van der Waals surface area contributed by atoms with E-state index in [-0.39, 0.29) is 0 Å². The Morgan fingerprint density at radius 1 is 1.00 bits per heavy atom. The molecule has 2 atom stereocenters. The van der Waals surface area contributed by atoms with Crippen LogP contribution in [-0.4, -0.2) is 25.3 Å². The molecule has 2 heteroatoms. The van der Waals surface area contributed by atoms with E-state index in [0.29, 0.717) is 11.5 Å². The van der Waals surface area contributed by atoms with E-state index in [4.69, 9.17) is 4.74 Å². The molecule has 0 heterocycles. The molecule has 2 aliphatic carbocycles. The fraction of sp³-hybridized carbons (Fsp3) is 1.00. The van der Waals surface area contributed by atoms with Crippen LogP contribution in [0, 0.1) is 5.41 Å². The van der Waals surface area contributed by atoms with Crippen molar-refractivity contribution in [2.75, 3.05) is 13.2 Å². The van der Waals surface area contributed by atoms with Crippen LogP contribution in [0.1, 0.15) is 84.5 Å². The zero-order valence-corrected chi connectivity index (χ0v) is 13.8. The number of rotatable bonds is 8. The van der Waals surface area contributed by atoms with Crippen molar-refractivity contribution in [2.45, 2.75) is 96.6 Å². The van der Waals surface area contributed by atoms with E-state index in [2.05, 4.69) is 19.2 Å². The van der Waals surface area contributed by atoms with Crippen LogP contribution in [0.15, 0.2) is 0 Å². The maximum atomic E-state index is 6.30. The zero-order chi connectivity index (χ0) is 14.3. The first-order valence-electron chi connectivity index (χ1n) is 9.18. The second kappa shape index (κ2) is 8.38. The maximum Gasteiger partial charge on any atom is 0.0661 e. The topological polar surface area (TPSA) is 21.3 Å². The first-order chi connectivity index (χ1) is 9.83. The summed E-state index contributed by atoms with van der Waals surface area (Å²) < 4.78 is 6.30. The minimum atomic E-state index is 0.484. The summed E-state index contributed by atoms with van der Waals surface area (Å²) in [6, 6.07) is 0.733. The molecule has 0 aromatic rings. The normalized spacial score (nSPS) is 29.1. The van der Waals surface area contributed by atoms with Gasteiger partial charge < -0.3 is 10.1 Å². The Hall–Kier alpha value is -0.0800. The molecule has 2 unspecified atom stereocenters. The fourth-order valence-corrected chi connectivity index (χ4v) is 4.22. The van der Waals surface area contributed by atoms with E-state index >= 15 is 0 Å². The third-order valence-electron chi connectivity index (χ3n) is 5.53. The van der Waals surface area contributed by atoms with Crippen molar-refractivity contribution in [1.29, 1.82) is 0 Å². The first-order valence-corrected chi connectivity index (χ1v) is 9.18. The van der Waals surface area contributed by atoms with E-state index in [1.165, 1.54) is 77.2 Å². The lowest BCUT2D eigenvalue weighted by Gasteiger charge is -2.56. The average molecular weight is 281 g/mol. The number of ether oxygens (including phenoxy) is 1. The van der Waals surface area contributed by atoms with Gasteiger partial charge in [-0.25, -0.2) is 0 Å². The van der Waals surface area contributed by atoms with Gasteiger partial charge in [-0.1, -0.05) is 52.4 Å². The molecule has 2 saturated carbocycles. The van der Waals surface area contributed by atoms with Gasteiger partial charge in [-0.05, 0) is 38.6 Å². The molecular weight excluding hydrogens is 246 g/mol. The maximum absolute atomic E-state index is 6.30. The Kier molecular flexibility index (Phi) is 6.83. The highest BCUT2D eigenvalue weighted by Gasteiger charge is 2.54. The Morgan fingerprint density at radius 3 is 2.40 bits per heavy atom. The lowest BCUT2D eigenvalue weighted by atomic mass is 9.57. The largest absolute Gasteiger partial charge is 0.378 e. The summed E-state index contributed by atoms with van der Waals surface area (Å²) in [6.07, 6.45) is 15.4. The summed E-state index contributed by atoms with van der Waals surface area (Å²) >= 11 is 0. The van der Waals surface area contributed by atoms with Gasteiger partial charge in [0, 0.05) is 18.1 Å². The second-order valence-corrected chi connectivity index (χ2v) is 6.96. The highest BCUT2D eigenvalue weighted by Crippen LogP contribution is 2.52. The van der Waals surface area contributed by atoms with Crippen molar-refractivity contribution in [1.82, 2.24) is 5.32 Å². The van der Waals surface area contributed by atoms with Crippen LogP contribution in [0.3, 0.4) is 0 Å². The molecular formula is C18H35NO. The van der Waals surface area contributed by atoms with Crippen molar-refractivity contribution in [3.05, 3.63) is 0 Å². The molecule has 0 aromatic heterocycles. The molecule has 1 spiro atoms. The van der Waals surface area contributed by atoms with Crippen molar-refractivity contribution in [2.24, 2.45) is 5.41 Å². The molecule has 2 rings (SSSR count). The molecule has 0 amide bonds. The van der Waals surface area contributed by atoms with E-state index in [1.807, 2.05) is 0 Å². The number of hydrogen-bond acceptors (Lipinski definition) is 2. The Morgan fingerprint density at radius 2 is 1.75 bits per heavy atom. The van der Waals surface area contributed by atoms with E-state index in [9.17, 15) is 0 Å². The van der Waals surface area contributed by atoms with Gasteiger partial charge >= 0.3 is 0 Å². The van der Waals surface area contributed by atoms with Gasteiger partial charge in [-0.2, -0.15) is 0 Å². The van der Waals surface area contributed by atoms with Crippen LogP contribution < -0.4 is 5.32 Å². The summed E-state index contributed by atoms with van der Waals surface area (Å²) in [4.78, 5) is 0. The first kappa shape index (κ1) is 16.3. The molecule has 20 heavy (non-hydrogen) atoms. The van der Waals surface area contributed by atoms with Crippen molar-refractivity contribution >= 4 is 0 Å². The molecule has 2 nitrogen and oxygen atoms in total. The molecule has 2 fully saturated rings. The van der Waals surface area contributed by atoms with Gasteiger partial charge in [0.25, 0.3) is 0 Å². The minimum Gasteiger partial charge on any atom is -0.378 e. The standard InChI is InChI=1S/C18H35NO/c1-3-5-10-14-20-17-15-16(19-13-4-2)18(17)11-8-6-7-9-12-18/h16-17,19H,3-15H2,1-2H3. The quantitative estimate of drug-likeness (QED) is 0.653. The Balaban J connectivity index is 1.87. The molecule has 118 valence electrons. The van der Waals surface area contributed by atoms with Gasteiger partial charge in [0.15, 0.2) is 0 Å². The van der Waals surface area contributed by atoms with Gasteiger partial charge in [-0.3, -0.25) is 0 Å². The Labute approximate surface area is 126 Å². The smallest absolute Gasteiger partial charge is 0.0661 e. The number of hydrogen-bond donors (Lipinski definition) is 1. The van der Waals surface area contributed by atoms with Crippen LogP contribution in [-0.2, 0) is 4.74 Å². The van der Waals surface area contributed by atoms with Crippen molar-refractivity contribution in [3.63, 3.8) is 0 Å². The van der Waals surface area contributed by atoms with E-state index in [1.54, 1.807) is 0 Å². The zero-order valence-electron chi connectivity index (χ0n) is 13.8. The summed E-state index contributed by atoms with van der Waals surface area (Å²) in [6.45, 7) is 6.70. The van der Waals surface area contributed by atoms with Crippen LogP contribution in [0.25, 0.3) is 0 Å². The monoisotopic (exact) mass is 281 g/mol.